The van der Waals surface area contributed by atoms with Crippen LogP contribution in [0.1, 0.15) is 13.3 Å². The first kappa shape index (κ1) is 16.6. The summed E-state index contributed by atoms with van der Waals surface area (Å²) < 4.78 is 5.32. The van der Waals surface area contributed by atoms with Crippen LogP contribution in [0.4, 0.5) is 5.95 Å². The van der Waals surface area contributed by atoms with Crippen LogP contribution in [0, 0.1) is 11.3 Å². The molecule has 8 heteroatoms. The molecule has 2 saturated heterocycles. The second-order valence-electron chi connectivity index (χ2n) is 6.92. The Balaban J connectivity index is 1.59. The number of amides is 1. The van der Waals surface area contributed by atoms with Crippen molar-refractivity contribution in [3.63, 3.8) is 0 Å². The summed E-state index contributed by atoms with van der Waals surface area (Å²) in [6.07, 6.45) is 0.809. The van der Waals surface area contributed by atoms with E-state index in [2.05, 4.69) is 10.1 Å². The second-order valence-corrected chi connectivity index (χ2v) is 6.92. The smallest absolute Gasteiger partial charge is 0.314 e. The molecule has 2 fully saturated rings. The van der Waals surface area contributed by atoms with Crippen LogP contribution in [0.25, 0.3) is 11.5 Å². The molecular weight excluding hydrogens is 336 g/mol. The van der Waals surface area contributed by atoms with Gasteiger partial charge in [-0.1, -0.05) is 25.1 Å². The molecular formula is C18H20N4O4. The molecule has 3 heterocycles. The Morgan fingerprint density at radius 1 is 1.35 bits per heavy atom. The number of aliphatic carboxylic acids is 1. The first-order chi connectivity index (χ1) is 12.5. The van der Waals surface area contributed by atoms with Crippen LogP contribution in [0.2, 0.25) is 0 Å². The number of carboxylic acids is 1. The molecule has 0 radical (unpaired) electrons. The van der Waals surface area contributed by atoms with Crippen LogP contribution < -0.4 is 4.90 Å². The van der Waals surface area contributed by atoms with Crippen molar-refractivity contribution in [1.29, 1.82) is 0 Å². The van der Waals surface area contributed by atoms with Gasteiger partial charge >= 0.3 is 5.97 Å². The van der Waals surface area contributed by atoms with Gasteiger partial charge in [0.15, 0.2) is 0 Å². The SMILES string of the molecule is CCCN1C[C@@]2(C(=O)O)CN(c3noc(-c4ccccc4)n3)C[C@H]2C1=O. The number of nitrogens with zero attached hydrogens (tertiary/aromatic N) is 4. The number of likely N-dealkylation sites (tertiary alicyclic amines) is 1. The molecule has 26 heavy (non-hydrogen) atoms. The van der Waals surface area contributed by atoms with Crippen molar-refractivity contribution in [2.24, 2.45) is 11.3 Å². The van der Waals surface area contributed by atoms with Gasteiger partial charge in [0.25, 0.3) is 11.8 Å². The first-order valence-electron chi connectivity index (χ1n) is 8.71. The third kappa shape index (κ3) is 2.44. The molecule has 0 spiro atoms. The van der Waals surface area contributed by atoms with E-state index in [0.29, 0.717) is 24.9 Å². The standard InChI is InChI=1S/C18H20N4O4/c1-2-8-21-10-18(16(24)25)11-22(9-13(18)15(21)23)17-19-14(26-20-17)12-6-4-3-5-7-12/h3-7,13H,2,8-11H2,1H3,(H,24,25)/t13-,18+/m0/s1. The number of aromatic nitrogens is 2. The number of carbonyl (C=O) groups excluding carboxylic acids is 1. The van der Waals surface area contributed by atoms with Crippen molar-refractivity contribution in [3.05, 3.63) is 30.3 Å². The number of fused-ring (bicyclic) bond motifs is 1. The molecule has 1 amide bonds. The molecule has 136 valence electrons. The Morgan fingerprint density at radius 2 is 2.12 bits per heavy atom. The number of hydrogen-bond acceptors (Lipinski definition) is 6. The summed E-state index contributed by atoms with van der Waals surface area (Å²) in [5.41, 5.74) is -0.316. The molecule has 8 nitrogen and oxygen atoms in total. The molecule has 1 aromatic heterocycles. The van der Waals surface area contributed by atoms with Gasteiger partial charge in [-0.25, -0.2) is 0 Å². The highest BCUT2D eigenvalue weighted by Crippen LogP contribution is 2.44. The van der Waals surface area contributed by atoms with Crippen molar-refractivity contribution in [3.8, 4) is 11.5 Å². The van der Waals surface area contributed by atoms with E-state index in [0.717, 1.165) is 12.0 Å². The predicted molar refractivity (Wildman–Crippen MR) is 92.4 cm³/mol. The van der Waals surface area contributed by atoms with E-state index in [1.54, 1.807) is 9.80 Å². The third-order valence-electron chi connectivity index (χ3n) is 5.26. The summed E-state index contributed by atoms with van der Waals surface area (Å²) in [6, 6.07) is 9.37. The van der Waals surface area contributed by atoms with E-state index >= 15 is 0 Å². The van der Waals surface area contributed by atoms with Gasteiger partial charge in [0.05, 0.1) is 5.92 Å². The average Bonchev–Trinajstić information content (AvgIpc) is 3.32. The molecule has 2 aliphatic rings. The summed E-state index contributed by atoms with van der Waals surface area (Å²) >= 11 is 0. The van der Waals surface area contributed by atoms with E-state index in [9.17, 15) is 14.7 Å². The molecule has 0 aliphatic carbocycles. The van der Waals surface area contributed by atoms with Gasteiger partial charge in [-0.3, -0.25) is 9.59 Å². The van der Waals surface area contributed by atoms with Gasteiger partial charge in [0.2, 0.25) is 5.91 Å². The van der Waals surface area contributed by atoms with E-state index in [1.165, 1.54) is 0 Å². The van der Waals surface area contributed by atoms with Crippen molar-refractivity contribution in [2.45, 2.75) is 13.3 Å². The van der Waals surface area contributed by atoms with E-state index in [-0.39, 0.29) is 19.0 Å². The van der Waals surface area contributed by atoms with Crippen molar-refractivity contribution in [2.75, 3.05) is 31.1 Å². The van der Waals surface area contributed by atoms with E-state index in [1.807, 2.05) is 37.3 Å². The quantitative estimate of drug-likeness (QED) is 0.866. The van der Waals surface area contributed by atoms with Crippen LogP contribution in [0.3, 0.4) is 0 Å². The normalized spacial score (nSPS) is 25.0. The Labute approximate surface area is 150 Å². The minimum Gasteiger partial charge on any atom is -0.481 e. The van der Waals surface area contributed by atoms with Crippen LogP contribution >= 0.6 is 0 Å². The maximum atomic E-state index is 12.7. The number of carbonyl (C=O) groups is 2. The lowest BCUT2D eigenvalue weighted by Gasteiger charge is -2.24. The summed E-state index contributed by atoms with van der Waals surface area (Å²) in [7, 11) is 0. The minimum atomic E-state index is -1.11. The second kappa shape index (κ2) is 6.12. The number of rotatable bonds is 5. The van der Waals surface area contributed by atoms with Crippen LogP contribution in [-0.4, -0.2) is 58.2 Å². The van der Waals surface area contributed by atoms with Crippen LogP contribution in [0.5, 0.6) is 0 Å². The zero-order valence-corrected chi connectivity index (χ0v) is 14.5. The molecule has 1 aromatic carbocycles. The lowest BCUT2D eigenvalue weighted by atomic mass is 9.81. The molecule has 2 aliphatic heterocycles. The predicted octanol–water partition coefficient (Wildman–Crippen LogP) is 1.50. The molecule has 2 atom stereocenters. The topological polar surface area (TPSA) is 99.8 Å². The Hall–Kier alpha value is -2.90. The lowest BCUT2D eigenvalue weighted by molar-refractivity contribution is -0.149. The minimum absolute atomic E-state index is 0.0940. The molecule has 0 unspecified atom stereocenters. The van der Waals surface area contributed by atoms with E-state index < -0.39 is 17.3 Å². The summed E-state index contributed by atoms with van der Waals surface area (Å²) in [5.74, 6) is -0.910. The maximum Gasteiger partial charge on any atom is 0.314 e. The average molecular weight is 356 g/mol. The van der Waals surface area contributed by atoms with Crippen molar-refractivity contribution in [1.82, 2.24) is 15.0 Å². The molecule has 0 saturated carbocycles. The molecule has 4 rings (SSSR count). The van der Waals surface area contributed by atoms with Crippen LogP contribution in [0.15, 0.2) is 34.9 Å². The van der Waals surface area contributed by atoms with Crippen molar-refractivity contribution >= 4 is 17.8 Å². The van der Waals surface area contributed by atoms with Crippen molar-refractivity contribution < 1.29 is 19.2 Å². The lowest BCUT2D eigenvalue weighted by Crippen LogP contribution is -2.41. The van der Waals surface area contributed by atoms with Gasteiger partial charge in [-0.15, -0.1) is 0 Å². The third-order valence-corrected chi connectivity index (χ3v) is 5.26. The van der Waals surface area contributed by atoms with Gasteiger partial charge in [0, 0.05) is 31.7 Å². The highest BCUT2D eigenvalue weighted by molar-refractivity contribution is 5.93. The Morgan fingerprint density at radius 3 is 2.77 bits per heavy atom. The first-order valence-corrected chi connectivity index (χ1v) is 8.71. The largest absolute Gasteiger partial charge is 0.481 e. The zero-order valence-electron chi connectivity index (χ0n) is 14.5. The maximum absolute atomic E-state index is 12.7. The fraction of sp³-hybridized carbons (Fsp3) is 0.444. The number of benzene rings is 1. The molecule has 1 N–H and O–H groups in total. The van der Waals surface area contributed by atoms with Gasteiger partial charge in [-0.05, 0) is 23.7 Å². The molecule has 0 bridgehead atoms. The molecule has 2 aromatic rings. The number of carboxylic acid groups (broad SMARTS) is 1. The van der Waals surface area contributed by atoms with Gasteiger partial charge in [0.1, 0.15) is 5.41 Å². The Kier molecular flexibility index (Phi) is 3.90. The monoisotopic (exact) mass is 356 g/mol. The fourth-order valence-corrected chi connectivity index (χ4v) is 3.96. The summed E-state index contributed by atoms with van der Waals surface area (Å²) in [6.45, 7) is 3.29. The van der Waals surface area contributed by atoms with Gasteiger partial charge in [-0.2, -0.15) is 4.98 Å². The summed E-state index contributed by atoms with van der Waals surface area (Å²) in [4.78, 5) is 32.5. The van der Waals surface area contributed by atoms with Crippen LogP contribution in [-0.2, 0) is 9.59 Å². The number of anilines is 1. The Bertz CT molecular complexity index is 837. The van der Waals surface area contributed by atoms with Gasteiger partial charge < -0.3 is 19.4 Å². The highest BCUT2D eigenvalue weighted by atomic mass is 16.5. The van der Waals surface area contributed by atoms with E-state index in [4.69, 9.17) is 4.52 Å². The highest BCUT2D eigenvalue weighted by Gasteiger charge is 2.62. The summed E-state index contributed by atoms with van der Waals surface area (Å²) in [5, 5.41) is 13.9. The number of hydrogen-bond donors (Lipinski definition) is 1. The zero-order chi connectivity index (χ0) is 18.3. The fourth-order valence-electron chi connectivity index (χ4n) is 3.96.